The average Bonchev–Trinajstić information content (AvgIpc) is 2.93. The Morgan fingerprint density at radius 1 is 1.05 bits per heavy atom. The average molecular weight is 286 g/mol. The van der Waals surface area contributed by atoms with Gasteiger partial charge in [0.25, 0.3) is 0 Å². The molecule has 2 aromatic carbocycles. The molecule has 1 unspecified atom stereocenters. The topological polar surface area (TPSA) is 17.1 Å². The second-order valence-electron chi connectivity index (χ2n) is 6.22. The van der Waals surface area contributed by atoms with E-state index in [1.807, 2.05) is 36.4 Å². The molecule has 1 heteroatoms. The smallest absolute Gasteiger partial charge is 0.193 e. The largest absolute Gasteiger partial charge is 0.289 e. The summed E-state index contributed by atoms with van der Waals surface area (Å²) in [7, 11) is 0. The second kappa shape index (κ2) is 5.10. The van der Waals surface area contributed by atoms with Gasteiger partial charge in [-0.05, 0) is 47.1 Å². The van der Waals surface area contributed by atoms with E-state index in [2.05, 4.69) is 31.2 Å². The Kier molecular flexibility index (Phi) is 3.07. The van der Waals surface area contributed by atoms with Crippen molar-refractivity contribution in [3.05, 3.63) is 88.5 Å². The van der Waals surface area contributed by atoms with Crippen molar-refractivity contribution < 1.29 is 4.79 Å². The standard InChI is InChI=1S/C21H18O/c1-14-6-5-9-16-12-18-13-17(10-11-19(18)20(14)16)21(22)15-7-3-2-4-8-15/h2-5,7-11,13-14H,6,12H2,1H3. The summed E-state index contributed by atoms with van der Waals surface area (Å²) in [5, 5.41) is 0. The van der Waals surface area contributed by atoms with Crippen molar-refractivity contribution in [3.63, 3.8) is 0 Å². The maximum absolute atomic E-state index is 12.6. The van der Waals surface area contributed by atoms with E-state index in [4.69, 9.17) is 0 Å². The van der Waals surface area contributed by atoms with Crippen molar-refractivity contribution >= 4 is 11.4 Å². The van der Waals surface area contributed by atoms with Gasteiger partial charge in [0.2, 0.25) is 0 Å². The maximum Gasteiger partial charge on any atom is 0.193 e. The van der Waals surface area contributed by atoms with Crippen LogP contribution in [0.4, 0.5) is 0 Å². The van der Waals surface area contributed by atoms with Crippen LogP contribution in [0.5, 0.6) is 0 Å². The lowest BCUT2D eigenvalue weighted by Gasteiger charge is -2.17. The van der Waals surface area contributed by atoms with Crippen LogP contribution in [0.3, 0.4) is 0 Å². The number of allylic oxidation sites excluding steroid dienone is 4. The van der Waals surface area contributed by atoms with Crippen LogP contribution in [-0.4, -0.2) is 5.78 Å². The highest BCUT2D eigenvalue weighted by atomic mass is 16.1. The van der Waals surface area contributed by atoms with Gasteiger partial charge in [-0.2, -0.15) is 0 Å². The summed E-state index contributed by atoms with van der Waals surface area (Å²) in [6.45, 7) is 2.29. The molecule has 0 saturated carbocycles. The molecule has 2 aliphatic rings. The molecule has 0 aromatic heterocycles. The lowest BCUT2D eigenvalue weighted by Crippen LogP contribution is -2.03. The quantitative estimate of drug-likeness (QED) is 0.723. The molecule has 108 valence electrons. The highest BCUT2D eigenvalue weighted by Gasteiger charge is 2.26. The van der Waals surface area contributed by atoms with E-state index in [1.54, 1.807) is 0 Å². The third-order valence-corrected chi connectivity index (χ3v) is 4.72. The minimum absolute atomic E-state index is 0.108. The normalized spacial score (nSPS) is 19.0. The molecular weight excluding hydrogens is 268 g/mol. The van der Waals surface area contributed by atoms with E-state index in [1.165, 1.54) is 22.3 Å². The van der Waals surface area contributed by atoms with Crippen molar-refractivity contribution in [2.75, 3.05) is 0 Å². The Bertz CT molecular complexity index is 809. The summed E-state index contributed by atoms with van der Waals surface area (Å²) < 4.78 is 0. The summed E-state index contributed by atoms with van der Waals surface area (Å²) in [5.74, 6) is 0.689. The Balaban J connectivity index is 1.72. The Hall–Kier alpha value is -2.41. The van der Waals surface area contributed by atoms with Gasteiger partial charge in [0, 0.05) is 11.1 Å². The highest BCUT2D eigenvalue weighted by molar-refractivity contribution is 6.09. The molecule has 0 bridgehead atoms. The first-order valence-corrected chi connectivity index (χ1v) is 7.86. The molecule has 0 spiro atoms. The predicted molar refractivity (Wildman–Crippen MR) is 89.9 cm³/mol. The van der Waals surface area contributed by atoms with Crippen molar-refractivity contribution in [1.29, 1.82) is 0 Å². The minimum atomic E-state index is 0.108. The van der Waals surface area contributed by atoms with E-state index < -0.39 is 0 Å². The molecule has 0 amide bonds. The first kappa shape index (κ1) is 13.3. The van der Waals surface area contributed by atoms with Crippen LogP contribution in [-0.2, 0) is 6.42 Å². The SMILES string of the molecule is CC1CC=CC2=C1c1ccc(C(=O)c3ccccc3)cc1C2. The number of hydrogen-bond acceptors (Lipinski definition) is 1. The van der Waals surface area contributed by atoms with Crippen LogP contribution >= 0.6 is 0 Å². The summed E-state index contributed by atoms with van der Waals surface area (Å²) in [5.41, 5.74) is 7.10. The van der Waals surface area contributed by atoms with Crippen LogP contribution in [0.2, 0.25) is 0 Å². The molecule has 4 rings (SSSR count). The fourth-order valence-corrected chi connectivity index (χ4v) is 3.64. The minimum Gasteiger partial charge on any atom is -0.289 e. The molecule has 1 atom stereocenters. The van der Waals surface area contributed by atoms with Crippen molar-refractivity contribution in [2.45, 2.75) is 19.8 Å². The zero-order valence-electron chi connectivity index (χ0n) is 12.7. The van der Waals surface area contributed by atoms with Gasteiger partial charge in [0.1, 0.15) is 0 Å². The van der Waals surface area contributed by atoms with E-state index in [-0.39, 0.29) is 5.78 Å². The third kappa shape index (κ3) is 2.05. The first-order chi connectivity index (χ1) is 10.7. The van der Waals surface area contributed by atoms with Gasteiger partial charge in [0.15, 0.2) is 5.78 Å². The molecular formula is C21H18O. The number of ketones is 1. The number of carbonyl (C=O) groups is 1. The van der Waals surface area contributed by atoms with Gasteiger partial charge in [-0.1, -0.05) is 61.5 Å². The van der Waals surface area contributed by atoms with Crippen LogP contribution in [0.25, 0.3) is 5.57 Å². The van der Waals surface area contributed by atoms with Crippen LogP contribution in [0, 0.1) is 5.92 Å². The van der Waals surface area contributed by atoms with Gasteiger partial charge in [0.05, 0.1) is 0 Å². The third-order valence-electron chi connectivity index (χ3n) is 4.72. The lowest BCUT2D eigenvalue weighted by atomic mass is 9.87. The first-order valence-electron chi connectivity index (χ1n) is 7.86. The molecule has 0 aliphatic heterocycles. The molecule has 0 radical (unpaired) electrons. The molecule has 22 heavy (non-hydrogen) atoms. The Morgan fingerprint density at radius 3 is 2.68 bits per heavy atom. The Labute approximate surface area is 131 Å². The molecule has 0 heterocycles. The number of rotatable bonds is 2. The van der Waals surface area contributed by atoms with Crippen molar-refractivity contribution in [3.8, 4) is 0 Å². The van der Waals surface area contributed by atoms with Crippen molar-refractivity contribution in [2.24, 2.45) is 5.92 Å². The fraction of sp³-hybridized carbons (Fsp3) is 0.190. The van der Waals surface area contributed by atoms with Crippen LogP contribution in [0.15, 0.2) is 66.3 Å². The molecule has 0 fully saturated rings. The molecule has 2 aliphatic carbocycles. The summed E-state index contributed by atoms with van der Waals surface area (Å²) in [6.07, 6.45) is 6.60. The zero-order valence-corrected chi connectivity index (χ0v) is 12.7. The lowest BCUT2D eigenvalue weighted by molar-refractivity contribution is 0.103. The van der Waals surface area contributed by atoms with Gasteiger partial charge >= 0.3 is 0 Å². The van der Waals surface area contributed by atoms with Crippen molar-refractivity contribution in [1.82, 2.24) is 0 Å². The van der Waals surface area contributed by atoms with Gasteiger partial charge < -0.3 is 0 Å². The highest BCUT2D eigenvalue weighted by Crippen LogP contribution is 2.42. The molecule has 0 N–H and O–H groups in total. The van der Waals surface area contributed by atoms with E-state index in [0.29, 0.717) is 5.92 Å². The maximum atomic E-state index is 12.6. The summed E-state index contributed by atoms with van der Waals surface area (Å²) in [4.78, 5) is 12.6. The predicted octanol–water partition coefficient (Wildman–Crippen LogP) is 4.82. The molecule has 0 saturated heterocycles. The Morgan fingerprint density at radius 2 is 1.86 bits per heavy atom. The summed E-state index contributed by atoms with van der Waals surface area (Å²) in [6, 6.07) is 15.7. The summed E-state index contributed by atoms with van der Waals surface area (Å²) >= 11 is 0. The van der Waals surface area contributed by atoms with E-state index >= 15 is 0 Å². The number of carbonyl (C=O) groups excluding carboxylic acids is 1. The van der Waals surface area contributed by atoms with E-state index in [9.17, 15) is 4.79 Å². The van der Waals surface area contributed by atoms with Gasteiger partial charge in [-0.3, -0.25) is 4.79 Å². The fourth-order valence-electron chi connectivity index (χ4n) is 3.64. The van der Waals surface area contributed by atoms with Gasteiger partial charge in [-0.25, -0.2) is 0 Å². The van der Waals surface area contributed by atoms with Gasteiger partial charge in [-0.15, -0.1) is 0 Å². The number of fused-ring (bicyclic) bond motifs is 2. The second-order valence-corrected chi connectivity index (χ2v) is 6.22. The monoisotopic (exact) mass is 286 g/mol. The molecule has 1 nitrogen and oxygen atoms in total. The molecule has 2 aromatic rings. The number of benzene rings is 2. The zero-order chi connectivity index (χ0) is 15.1. The van der Waals surface area contributed by atoms with E-state index in [0.717, 1.165) is 24.0 Å². The van der Waals surface area contributed by atoms with Crippen LogP contribution in [0.1, 0.15) is 40.4 Å². The van der Waals surface area contributed by atoms with Crippen LogP contribution < -0.4 is 0 Å². The number of hydrogen-bond donors (Lipinski definition) is 0.